The first-order valence-corrected chi connectivity index (χ1v) is 5.80. The third-order valence-corrected chi connectivity index (χ3v) is 2.57. The van der Waals surface area contributed by atoms with Gasteiger partial charge in [-0.05, 0) is 31.9 Å². The molecule has 1 rings (SSSR count). The lowest BCUT2D eigenvalue weighted by Crippen LogP contribution is -2.33. The molecule has 1 aromatic rings. The number of aromatic carboxylic acids is 1. The second-order valence-electron chi connectivity index (χ2n) is 4.09. The molecule has 1 amide bonds. The largest absolute Gasteiger partial charge is 0.478 e. The Morgan fingerprint density at radius 3 is 2.44 bits per heavy atom. The van der Waals surface area contributed by atoms with E-state index in [1.165, 1.54) is 12.1 Å². The van der Waals surface area contributed by atoms with Crippen LogP contribution in [0, 0.1) is 0 Å². The summed E-state index contributed by atoms with van der Waals surface area (Å²) in [7, 11) is 0. The Kier molecular flexibility index (Phi) is 5.32. The van der Waals surface area contributed by atoms with Gasteiger partial charge in [-0.3, -0.25) is 4.79 Å². The fraction of sp³-hybridized carbons (Fsp3) is 0.385. The van der Waals surface area contributed by atoms with Gasteiger partial charge in [0.15, 0.2) is 0 Å². The second kappa shape index (κ2) is 6.76. The number of nitrogens with one attached hydrogen (secondary N) is 1. The molecule has 3 N–H and O–H groups in total. The molecule has 5 nitrogen and oxygen atoms in total. The minimum Gasteiger partial charge on any atom is -0.478 e. The van der Waals surface area contributed by atoms with Crippen molar-refractivity contribution in [3.63, 3.8) is 0 Å². The van der Waals surface area contributed by atoms with Crippen LogP contribution in [0.1, 0.15) is 40.5 Å². The summed E-state index contributed by atoms with van der Waals surface area (Å²) in [4.78, 5) is 22.9. The van der Waals surface area contributed by atoms with Gasteiger partial charge in [0.2, 0.25) is 0 Å². The number of hydrogen-bond donors (Lipinski definition) is 3. The molecule has 0 aliphatic rings. The standard InChI is InChI=1S/C13H17NO4/c1-9(5-4-8-15)14-12(16)10-6-2-3-7-11(10)13(17)18/h2-3,6-7,9,15H,4-5,8H2,1H3,(H,14,16)(H,17,18). The van der Waals surface area contributed by atoms with E-state index in [-0.39, 0.29) is 23.8 Å². The van der Waals surface area contributed by atoms with Crippen molar-refractivity contribution >= 4 is 11.9 Å². The van der Waals surface area contributed by atoms with Crippen LogP contribution in [0.2, 0.25) is 0 Å². The predicted octanol–water partition coefficient (Wildman–Crippen LogP) is 1.28. The molecule has 0 heterocycles. The van der Waals surface area contributed by atoms with E-state index in [1.807, 2.05) is 6.92 Å². The Balaban J connectivity index is 2.75. The maximum absolute atomic E-state index is 11.9. The monoisotopic (exact) mass is 251 g/mol. The summed E-state index contributed by atoms with van der Waals surface area (Å²) in [5.41, 5.74) is 0.144. The molecular formula is C13H17NO4. The van der Waals surface area contributed by atoms with Crippen LogP contribution in [0.15, 0.2) is 24.3 Å². The van der Waals surface area contributed by atoms with Gasteiger partial charge in [0.25, 0.3) is 5.91 Å². The highest BCUT2D eigenvalue weighted by Gasteiger charge is 2.16. The van der Waals surface area contributed by atoms with E-state index in [1.54, 1.807) is 12.1 Å². The molecule has 98 valence electrons. The van der Waals surface area contributed by atoms with Crippen LogP contribution >= 0.6 is 0 Å². The minimum atomic E-state index is -1.12. The highest BCUT2D eigenvalue weighted by molar-refractivity contribution is 6.04. The van der Waals surface area contributed by atoms with Crippen molar-refractivity contribution in [1.29, 1.82) is 0 Å². The first-order valence-electron chi connectivity index (χ1n) is 5.80. The summed E-state index contributed by atoms with van der Waals surface area (Å²) in [5, 5.41) is 20.4. The van der Waals surface area contributed by atoms with Crippen molar-refractivity contribution in [3.8, 4) is 0 Å². The number of carboxylic acids is 1. The SMILES string of the molecule is CC(CCCO)NC(=O)c1ccccc1C(=O)O. The zero-order valence-electron chi connectivity index (χ0n) is 10.2. The van der Waals surface area contributed by atoms with E-state index >= 15 is 0 Å². The van der Waals surface area contributed by atoms with Gasteiger partial charge in [0, 0.05) is 12.6 Å². The van der Waals surface area contributed by atoms with Crippen LogP contribution in [0.25, 0.3) is 0 Å². The first kappa shape index (κ1) is 14.2. The van der Waals surface area contributed by atoms with Gasteiger partial charge in [0.05, 0.1) is 11.1 Å². The lowest BCUT2D eigenvalue weighted by Gasteiger charge is -2.14. The summed E-state index contributed by atoms with van der Waals surface area (Å²) in [6.45, 7) is 1.89. The van der Waals surface area contributed by atoms with Crippen LogP contribution in [-0.2, 0) is 0 Å². The average Bonchev–Trinajstić information content (AvgIpc) is 2.36. The van der Waals surface area contributed by atoms with Crippen molar-refractivity contribution in [2.24, 2.45) is 0 Å². The number of carbonyl (C=O) groups excluding carboxylic acids is 1. The van der Waals surface area contributed by atoms with Crippen LogP contribution in [-0.4, -0.2) is 34.7 Å². The van der Waals surface area contributed by atoms with Gasteiger partial charge in [-0.2, -0.15) is 0 Å². The Labute approximate surface area is 105 Å². The third kappa shape index (κ3) is 3.85. The fourth-order valence-corrected chi connectivity index (χ4v) is 1.64. The van der Waals surface area contributed by atoms with Gasteiger partial charge < -0.3 is 15.5 Å². The maximum atomic E-state index is 11.9. The Morgan fingerprint density at radius 2 is 1.89 bits per heavy atom. The number of rotatable bonds is 6. The molecule has 18 heavy (non-hydrogen) atoms. The molecule has 1 unspecified atom stereocenters. The van der Waals surface area contributed by atoms with E-state index < -0.39 is 11.9 Å². The summed E-state index contributed by atoms with van der Waals surface area (Å²) in [5.74, 6) is -1.53. The summed E-state index contributed by atoms with van der Waals surface area (Å²) >= 11 is 0. The number of amides is 1. The zero-order valence-corrected chi connectivity index (χ0v) is 10.2. The predicted molar refractivity (Wildman–Crippen MR) is 66.6 cm³/mol. The van der Waals surface area contributed by atoms with Crippen LogP contribution in [0.4, 0.5) is 0 Å². The summed E-state index contributed by atoms with van der Waals surface area (Å²) < 4.78 is 0. The van der Waals surface area contributed by atoms with Crippen molar-refractivity contribution in [1.82, 2.24) is 5.32 Å². The topological polar surface area (TPSA) is 86.6 Å². The second-order valence-corrected chi connectivity index (χ2v) is 4.09. The van der Waals surface area contributed by atoms with E-state index in [0.29, 0.717) is 12.8 Å². The molecule has 0 saturated carbocycles. The van der Waals surface area contributed by atoms with Gasteiger partial charge in [-0.1, -0.05) is 12.1 Å². The lowest BCUT2D eigenvalue weighted by atomic mass is 10.1. The van der Waals surface area contributed by atoms with Gasteiger partial charge >= 0.3 is 5.97 Å². The number of hydrogen-bond acceptors (Lipinski definition) is 3. The van der Waals surface area contributed by atoms with Crippen molar-refractivity contribution < 1.29 is 19.8 Å². The van der Waals surface area contributed by atoms with E-state index in [4.69, 9.17) is 10.2 Å². The quantitative estimate of drug-likeness (QED) is 0.710. The van der Waals surface area contributed by atoms with Crippen molar-refractivity contribution in [2.45, 2.75) is 25.8 Å². The van der Waals surface area contributed by atoms with Crippen LogP contribution in [0.3, 0.4) is 0 Å². The van der Waals surface area contributed by atoms with E-state index in [9.17, 15) is 9.59 Å². The normalized spacial score (nSPS) is 11.9. The number of carboxylic acid groups (broad SMARTS) is 1. The average molecular weight is 251 g/mol. The highest BCUT2D eigenvalue weighted by atomic mass is 16.4. The third-order valence-electron chi connectivity index (χ3n) is 2.57. The first-order chi connectivity index (χ1) is 8.56. The van der Waals surface area contributed by atoms with Crippen molar-refractivity contribution in [3.05, 3.63) is 35.4 Å². The molecule has 0 saturated heterocycles. The molecule has 1 aromatic carbocycles. The molecule has 0 aromatic heterocycles. The molecule has 0 radical (unpaired) electrons. The van der Waals surface area contributed by atoms with Gasteiger partial charge in [-0.15, -0.1) is 0 Å². The maximum Gasteiger partial charge on any atom is 0.336 e. The summed E-state index contributed by atoms with van der Waals surface area (Å²) in [6.07, 6.45) is 1.25. The number of carbonyl (C=O) groups is 2. The van der Waals surface area contributed by atoms with E-state index in [0.717, 1.165) is 0 Å². The molecule has 0 fully saturated rings. The summed E-state index contributed by atoms with van der Waals surface area (Å²) in [6, 6.07) is 5.98. The highest BCUT2D eigenvalue weighted by Crippen LogP contribution is 2.09. The molecule has 5 heteroatoms. The van der Waals surface area contributed by atoms with Crippen LogP contribution < -0.4 is 5.32 Å². The molecule has 0 spiro atoms. The number of aliphatic hydroxyl groups excluding tert-OH is 1. The molecular weight excluding hydrogens is 234 g/mol. The van der Waals surface area contributed by atoms with Crippen molar-refractivity contribution in [2.75, 3.05) is 6.61 Å². The molecule has 0 aliphatic heterocycles. The number of aliphatic hydroxyl groups is 1. The Morgan fingerprint density at radius 1 is 1.28 bits per heavy atom. The Hall–Kier alpha value is -1.88. The minimum absolute atomic E-state index is 0.00985. The molecule has 0 bridgehead atoms. The Bertz CT molecular complexity index is 431. The zero-order chi connectivity index (χ0) is 13.5. The smallest absolute Gasteiger partial charge is 0.336 e. The lowest BCUT2D eigenvalue weighted by molar-refractivity contribution is 0.0690. The molecule has 1 atom stereocenters. The molecule has 0 aliphatic carbocycles. The van der Waals surface area contributed by atoms with E-state index in [2.05, 4.69) is 5.32 Å². The van der Waals surface area contributed by atoms with Gasteiger partial charge in [-0.25, -0.2) is 4.79 Å². The van der Waals surface area contributed by atoms with Gasteiger partial charge in [0.1, 0.15) is 0 Å². The number of benzene rings is 1. The van der Waals surface area contributed by atoms with Crippen LogP contribution in [0.5, 0.6) is 0 Å². The fourth-order valence-electron chi connectivity index (χ4n) is 1.64.